The second-order valence-electron chi connectivity index (χ2n) is 14.3. The van der Waals surface area contributed by atoms with Crippen LogP contribution in [-0.4, -0.2) is 11.2 Å². The van der Waals surface area contributed by atoms with Crippen molar-refractivity contribution in [2.75, 3.05) is 0 Å². The Hall–Kier alpha value is -0.300. The van der Waals surface area contributed by atoms with Crippen molar-refractivity contribution in [1.82, 2.24) is 0 Å². The molecule has 5 aliphatic rings. The maximum atomic E-state index is 10.8. The first-order valence-electron chi connectivity index (χ1n) is 13.8. The molecule has 5 aliphatic carbocycles. The van der Waals surface area contributed by atoms with Gasteiger partial charge >= 0.3 is 0 Å². The highest BCUT2D eigenvalue weighted by molar-refractivity contribution is 5.37. The van der Waals surface area contributed by atoms with Crippen molar-refractivity contribution in [1.29, 1.82) is 0 Å². The number of aliphatic hydroxyl groups is 1. The van der Waals surface area contributed by atoms with Crippen LogP contribution in [0.1, 0.15) is 126 Å². The molecule has 0 bridgehead atoms. The molecular weight excluding hydrogens is 376 g/mol. The largest absolute Gasteiger partial charge is 0.393 e. The van der Waals surface area contributed by atoms with Gasteiger partial charge in [-0.05, 0) is 122 Å². The lowest BCUT2D eigenvalue weighted by Gasteiger charge is -2.62. The minimum atomic E-state index is -0.0868. The summed E-state index contributed by atoms with van der Waals surface area (Å²) >= 11 is 0. The van der Waals surface area contributed by atoms with Crippen molar-refractivity contribution in [3.63, 3.8) is 0 Å². The van der Waals surface area contributed by atoms with Crippen LogP contribution in [-0.2, 0) is 0 Å². The molecule has 0 heterocycles. The number of hydrogen-bond acceptors (Lipinski definition) is 1. The summed E-state index contributed by atoms with van der Waals surface area (Å²) in [7, 11) is 0. The quantitative estimate of drug-likeness (QED) is 0.448. The van der Waals surface area contributed by atoms with E-state index in [0.717, 1.165) is 24.2 Å². The monoisotopic (exact) mass is 426 g/mol. The van der Waals surface area contributed by atoms with Crippen molar-refractivity contribution >= 4 is 0 Å². The van der Waals surface area contributed by atoms with E-state index in [1.807, 2.05) is 5.57 Å². The van der Waals surface area contributed by atoms with Crippen molar-refractivity contribution in [2.45, 2.75) is 132 Å². The summed E-state index contributed by atoms with van der Waals surface area (Å²) in [6.07, 6.45) is 16.3. The van der Waals surface area contributed by atoms with Crippen LogP contribution in [0.25, 0.3) is 0 Å². The third-order valence-electron chi connectivity index (χ3n) is 12.7. The van der Waals surface area contributed by atoms with Gasteiger partial charge in [-0.3, -0.25) is 0 Å². The van der Waals surface area contributed by atoms with Gasteiger partial charge in [-0.25, -0.2) is 0 Å². The summed E-state index contributed by atoms with van der Waals surface area (Å²) in [4.78, 5) is 0. The topological polar surface area (TPSA) is 20.2 Å². The van der Waals surface area contributed by atoms with Crippen LogP contribution in [0.5, 0.6) is 0 Å². The van der Waals surface area contributed by atoms with Crippen LogP contribution in [0, 0.1) is 44.8 Å². The Morgan fingerprint density at radius 1 is 0.935 bits per heavy atom. The third kappa shape index (κ3) is 2.71. The number of fused-ring (bicyclic) bond motifs is 2. The maximum Gasteiger partial charge on any atom is 0.0594 e. The molecule has 31 heavy (non-hydrogen) atoms. The molecule has 2 spiro atoms. The zero-order chi connectivity index (χ0) is 22.4. The van der Waals surface area contributed by atoms with Gasteiger partial charge in [-0.2, -0.15) is 0 Å². The van der Waals surface area contributed by atoms with Crippen molar-refractivity contribution in [3.05, 3.63) is 11.1 Å². The van der Waals surface area contributed by atoms with Gasteiger partial charge in [-0.1, -0.05) is 59.1 Å². The molecule has 0 aromatic rings. The molecule has 1 N–H and O–H groups in total. The first-order valence-corrected chi connectivity index (χ1v) is 13.8. The summed E-state index contributed by atoms with van der Waals surface area (Å²) in [5.41, 5.74) is 5.86. The average molecular weight is 427 g/mol. The smallest absolute Gasteiger partial charge is 0.0594 e. The molecule has 7 atom stereocenters. The van der Waals surface area contributed by atoms with E-state index in [1.54, 1.807) is 5.57 Å². The van der Waals surface area contributed by atoms with Crippen molar-refractivity contribution < 1.29 is 5.11 Å². The lowest BCUT2D eigenvalue weighted by Crippen LogP contribution is -2.56. The molecule has 5 saturated carbocycles. The van der Waals surface area contributed by atoms with Gasteiger partial charge in [0, 0.05) is 0 Å². The molecule has 0 aromatic heterocycles. The molecule has 0 aliphatic heterocycles. The Balaban J connectivity index is 1.44. The van der Waals surface area contributed by atoms with Gasteiger partial charge in [0.2, 0.25) is 0 Å². The van der Waals surface area contributed by atoms with Gasteiger partial charge in [0.05, 0.1) is 6.10 Å². The molecular formula is C30H50O. The van der Waals surface area contributed by atoms with E-state index in [2.05, 4.69) is 48.5 Å². The maximum absolute atomic E-state index is 10.8. The van der Waals surface area contributed by atoms with Gasteiger partial charge in [0.1, 0.15) is 0 Å². The molecule has 0 radical (unpaired) electrons. The first-order chi connectivity index (χ1) is 14.4. The van der Waals surface area contributed by atoms with E-state index in [1.165, 1.54) is 70.6 Å². The highest BCUT2D eigenvalue weighted by Crippen LogP contribution is 2.88. The van der Waals surface area contributed by atoms with E-state index in [0.29, 0.717) is 21.7 Å². The van der Waals surface area contributed by atoms with Gasteiger partial charge in [0.25, 0.3) is 0 Å². The molecule has 0 saturated heterocycles. The molecule has 1 heteroatoms. The lowest BCUT2D eigenvalue weighted by atomic mass is 9.42. The summed E-state index contributed by atoms with van der Waals surface area (Å²) in [5.74, 6) is 2.50. The van der Waals surface area contributed by atoms with Crippen molar-refractivity contribution in [2.24, 2.45) is 44.8 Å². The fourth-order valence-corrected chi connectivity index (χ4v) is 10.7. The second kappa shape index (κ2) is 6.86. The normalized spacial score (nSPS) is 51.6. The predicted molar refractivity (Wildman–Crippen MR) is 131 cm³/mol. The fraction of sp³-hybridized carbons (Fsp3) is 0.933. The molecule has 5 fully saturated rings. The average Bonchev–Trinajstić information content (AvgIpc) is 3.27. The molecule has 2 unspecified atom stereocenters. The summed E-state index contributed by atoms with van der Waals surface area (Å²) in [6.45, 7) is 17.4. The fourth-order valence-electron chi connectivity index (χ4n) is 10.7. The lowest BCUT2D eigenvalue weighted by molar-refractivity contribution is -0.148. The number of aliphatic hydroxyl groups excluding tert-OH is 1. The summed E-state index contributed by atoms with van der Waals surface area (Å²) in [5, 5.41) is 10.8. The zero-order valence-electron chi connectivity index (χ0n) is 21.7. The molecule has 5 rings (SSSR count). The van der Waals surface area contributed by atoms with Crippen LogP contribution < -0.4 is 0 Å². The number of hydrogen-bond donors (Lipinski definition) is 1. The number of rotatable bonds is 4. The minimum Gasteiger partial charge on any atom is -0.393 e. The SMILES string of the molecule is CC(CCCC(C)C)=C1CC[C@@]2(C)C3CCC4C(C)(C)[C@@H](O)CC[C@@]45C[C@@]35CC[C@]12C. The van der Waals surface area contributed by atoms with E-state index in [-0.39, 0.29) is 11.5 Å². The molecule has 176 valence electrons. The highest BCUT2D eigenvalue weighted by Gasteiger charge is 2.81. The van der Waals surface area contributed by atoms with Crippen LogP contribution in [0.4, 0.5) is 0 Å². The van der Waals surface area contributed by atoms with E-state index in [4.69, 9.17) is 0 Å². The van der Waals surface area contributed by atoms with Crippen molar-refractivity contribution in [3.8, 4) is 0 Å². The van der Waals surface area contributed by atoms with E-state index >= 15 is 0 Å². The summed E-state index contributed by atoms with van der Waals surface area (Å²) < 4.78 is 0. The van der Waals surface area contributed by atoms with Crippen LogP contribution in [0.3, 0.4) is 0 Å². The van der Waals surface area contributed by atoms with Crippen LogP contribution in [0.2, 0.25) is 0 Å². The molecule has 0 amide bonds. The number of allylic oxidation sites excluding steroid dienone is 2. The third-order valence-corrected chi connectivity index (χ3v) is 12.7. The van der Waals surface area contributed by atoms with Gasteiger partial charge in [-0.15, -0.1) is 0 Å². The summed E-state index contributed by atoms with van der Waals surface area (Å²) in [6, 6.07) is 0. The van der Waals surface area contributed by atoms with E-state index < -0.39 is 0 Å². The predicted octanol–water partition coefficient (Wildman–Crippen LogP) is 8.31. The Morgan fingerprint density at radius 3 is 2.32 bits per heavy atom. The van der Waals surface area contributed by atoms with Gasteiger partial charge < -0.3 is 5.11 Å². The van der Waals surface area contributed by atoms with E-state index in [9.17, 15) is 5.11 Å². The Bertz CT molecular complexity index is 775. The Kier molecular flexibility index (Phi) is 4.98. The molecule has 1 nitrogen and oxygen atoms in total. The Labute approximate surface area is 192 Å². The van der Waals surface area contributed by atoms with Crippen LogP contribution in [0.15, 0.2) is 11.1 Å². The Morgan fingerprint density at radius 2 is 1.61 bits per heavy atom. The molecule has 0 aromatic carbocycles. The highest BCUT2D eigenvalue weighted by atomic mass is 16.3. The second-order valence-corrected chi connectivity index (χ2v) is 14.3. The van der Waals surface area contributed by atoms with Crippen LogP contribution >= 0.6 is 0 Å². The zero-order valence-corrected chi connectivity index (χ0v) is 21.7. The first kappa shape index (κ1) is 22.5. The van der Waals surface area contributed by atoms with Gasteiger partial charge in [0.15, 0.2) is 0 Å². The standard InChI is InChI=1S/C30H50O/c1-20(2)9-8-10-21(3)22-13-15-28(7)24-12-11-23-26(4,5)25(31)14-16-29(23)19-30(24,29)18-17-27(22,28)6/h20,23-25,31H,8-19H2,1-7H3/t23?,24?,25-,27+,28-,29+,30-/m0/s1. The minimum absolute atomic E-state index is 0.0868.